The van der Waals surface area contributed by atoms with Gasteiger partial charge in [-0.15, -0.1) is 11.3 Å². The molecule has 0 saturated carbocycles. The van der Waals surface area contributed by atoms with E-state index in [2.05, 4.69) is 25.1 Å². The zero-order valence-corrected chi connectivity index (χ0v) is 15.5. The average molecular weight is 357 g/mol. The predicted molar refractivity (Wildman–Crippen MR) is 98.9 cm³/mol. The molecule has 0 bridgehead atoms. The van der Waals surface area contributed by atoms with Crippen LogP contribution >= 0.6 is 11.3 Å². The zero-order chi connectivity index (χ0) is 17.4. The van der Waals surface area contributed by atoms with Crippen molar-refractivity contribution >= 4 is 22.2 Å². The Morgan fingerprint density at radius 3 is 2.84 bits per heavy atom. The van der Waals surface area contributed by atoms with Crippen LogP contribution in [0.3, 0.4) is 0 Å². The Hall–Kier alpha value is -1.69. The Bertz CT molecular complexity index is 773. The van der Waals surface area contributed by atoms with Gasteiger partial charge in [-0.05, 0) is 30.5 Å². The van der Waals surface area contributed by atoms with Crippen LogP contribution in [0, 0.1) is 0 Å². The number of ether oxygens (including phenoxy) is 2. The molecule has 5 heteroatoms. The molecule has 2 aliphatic rings. The first-order valence-corrected chi connectivity index (χ1v) is 9.62. The minimum atomic E-state index is -0.449. The third-order valence-corrected chi connectivity index (χ3v) is 6.12. The summed E-state index contributed by atoms with van der Waals surface area (Å²) in [5.41, 5.74) is 2.47. The van der Waals surface area contributed by atoms with Crippen LogP contribution in [0.1, 0.15) is 36.3 Å². The van der Waals surface area contributed by atoms with E-state index in [1.165, 1.54) is 10.4 Å². The third kappa shape index (κ3) is 3.36. The molecule has 1 amide bonds. The number of fused-ring (bicyclic) bond motifs is 1. The smallest absolute Gasteiger partial charge is 0.224 e. The van der Waals surface area contributed by atoms with Gasteiger partial charge < -0.3 is 9.47 Å². The molecule has 1 aromatic heterocycles. The molecule has 1 aliphatic carbocycles. The van der Waals surface area contributed by atoms with Gasteiger partial charge in [-0.3, -0.25) is 9.69 Å². The van der Waals surface area contributed by atoms with Gasteiger partial charge in [0.2, 0.25) is 5.91 Å². The number of aryl methyl sites for hydroxylation is 1. The first-order chi connectivity index (χ1) is 12.0. The highest BCUT2D eigenvalue weighted by Crippen LogP contribution is 2.43. The lowest BCUT2D eigenvalue weighted by Crippen LogP contribution is -2.36. The Morgan fingerprint density at radius 1 is 1.36 bits per heavy atom. The number of anilines is 1. The maximum atomic E-state index is 12.2. The van der Waals surface area contributed by atoms with Gasteiger partial charge in [0, 0.05) is 24.6 Å². The fraction of sp³-hybridized carbons (Fsp3) is 0.450. The summed E-state index contributed by atoms with van der Waals surface area (Å²) in [6.07, 6.45) is 2.77. The average Bonchev–Trinajstić information content (AvgIpc) is 3.17. The van der Waals surface area contributed by atoms with Crippen molar-refractivity contribution < 1.29 is 14.3 Å². The molecule has 0 N–H and O–H groups in total. The van der Waals surface area contributed by atoms with Gasteiger partial charge in [0.05, 0.1) is 24.3 Å². The summed E-state index contributed by atoms with van der Waals surface area (Å²) in [5.74, 6) is -0.381. The van der Waals surface area contributed by atoms with Crippen molar-refractivity contribution in [2.75, 3.05) is 11.5 Å². The lowest BCUT2D eigenvalue weighted by atomic mass is 9.93. The topological polar surface area (TPSA) is 38.8 Å². The zero-order valence-electron chi connectivity index (χ0n) is 14.7. The number of carbonyl (C=O) groups excluding carboxylic acids is 1. The van der Waals surface area contributed by atoms with Gasteiger partial charge >= 0.3 is 0 Å². The molecule has 2 heterocycles. The van der Waals surface area contributed by atoms with Crippen LogP contribution < -0.4 is 4.90 Å². The summed E-state index contributed by atoms with van der Waals surface area (Å²) >= 11 is 1.70. The number of thiophene rings is 1. The number of hydrogen-bond donors (Lipinski definition) is 0. The second kappa shape index (κ2) is 6.56. The van der Waals surface area contributed by atoms with Gasteiger partial charge in [0.15, 0.2) is 5.79 Å². The fourth-order valence-corrected chi connectivity index (χ4v) is 4.98. The van der Waals surface area contributed by atoms with E-state index in [0.717, 1.165) is 29.8 Å². The minimum Gasteiger partial charge on any atom is -0.347 e. The monoisotopic (exact) mass is 357 g/mol. The van der Waals surface area contributed by atoms with Crippen molar-refractivity contribution in [2.24, 2.45) is 0 Å². The number of amides is 1. The highest BCUT2D eigenvalue weighted by Gasteiger charge is 2.43. The van der Waals surface area contributed by atoms with Crippen LogP contribution in [0.5, 0.6) is 0 Å². The van der Waals surface area contributed by atoms with E-state index >= 15 is 0 Å². The summed E-state index contributed by atoms with van der Waals surface area (Å²) < 4.78 is 12.0. The third-order valence-electron chi connectivity index (χ3n) is 4.92. The molecule has 1 fully saturated rings. The number of rotatable bonds is 3. The van der Waals surface area contributed by atoms with E-state index < -0.39 is 5.79 Å². The summed E-state index contributed by atoms with van der Waals surface area (Å²) in [5, 5.41) is 1.02. The van der Waals surface area contributed by atoms with Crippen LogP contribution in [-0.2, 0) is 33.7 Å². The maximum absolute atomic E-state index is 12.2. The van der Waals surface area contributed by atoms with Crippen molar-refractivity contribution in [1.82, 2.24) is 0 Å². The molecule has 4 rings (SSSR count). The molecule has 25 heavy (non-hydrogen) atoms. The van der Waals surface area contributed by atoms with E-state index in [9.17, 15) is 4.79 Å². The second-order valence-electron chi connectivity index (χ2n) is 6.95. The molecule has 4 nitrogen and oxygen atoms in total. The molecule has 1 spiro atoms. The Kier molecular flexibility index (Phi) is 4.40. The predicted octanol–water partition coefficient (Wildman–Crippen LogP) is 3.92. The van der Waals surface area contributed by atoms with E-state index in [1.807, 2.05) is 23.1 Å². The number of hydrogen-bond acceptors (Lipinski definition) is 4. The summed E-state index contributed by atoms with van der Waals surface area (Å²) in [6.45, 7) is 4.96. The van der Waals surface area contributed by atoms with Crippen LogP contribution in [0.15, 0.2) is 36.4 Å². The van der Waals surface area contributed by atoms with E-state index in [4.69, 9.17) is 9.47 Å². The highest BCUT2D eigenvalue weighted by molar-refractivity contribution is 7.16. The summed E-state index contributed by atoms with van der Waals surface area (Å²) in [4.78, 5) is 15.4. The first kappa shape index (κ1) is 16.8. The molecule has 2 aromatic rings. The standard InChI is InChI=1S/C20H23NO3S/c1-14-13-23-20(24-14)9-8-17-10-19(25-18(17)11-20)21(15(2)22)12-16-6-4-3-5-7-16/h3-7,10,14H,8-9,11-13H2,1-2H3. The lowest BCUT2D eigenvalue weighted by Gasteiger charge is -2.31. The molecule has 132 valence electrons. The van der Waals surface area contributed by atoms with Crippen molar-refractivity contribution in [1.29, 1.82) is 0 Å². The Labute approximate surface area is 152 Å². The Morgan fingerprint density at radius 2 is 2.16 bits per heavy atom. The summed E-state index contributed by atoms with van der Waals surface area (Å²) in [6, 6.07) is 12.3. The molecule has 1 aromatic carbocycles. The lowest BCUT2D eigenvalue weighted by molar-refractivity contribution is -0.172. The van der Waals surface area contributed by atoms with Gasteiger partial charge in [-0.25, -0.2) is 0 Å². The summed E-state index contributed by atoms with van der Waals surface area (Å²) in [7, 11) is 0. The molecular formula is C20H23NO3S. The normalized spacial score (nSPS) is 25.1. The van der Waals surface area contributed by atoms with Crippen molar-refractivity contribution in [3.05, 3.63) is 52.4 Å². The van der Waals surface area contributed by atoms with E-state index in [1.54, 1.807) is 18.3 Å². The maximum Gasteiger partial charge on any atom is 0.224 e. The van der Waals surface area contributed by atoms with E-state index in [-0.39, 0.29) is 12.0 Å². The van der Waals surface area contributed by atoms with Crippen LogP contribution in [-0.4, -0.2) is 24.4 Å². The molecular weight excluding hydrogens is 334 g/mol. The number of nitrogens with zero attached hydrogens (tertiary/aromatic N) is 1. The Balaban J connectivity index is 1.58. The van der Waals surface area contributed by atoms with Crippen LogP contribution in [0.25, 0.3) is 0 Å². The van der Waals surface area contributed by atoms with Crippen LogP contribution in [0.2, 0.25) is 0 Å². The number of carbonyl (C=O) groups is 1. The SMILES string of the molecule is CC(=O)N(Cc1ccccc1)c1cc2c(s1)CC1(CC2)OCC(C)O1. The second-order valence-corrected chi connectivity index (χ2v) is 8.07. The highest BCUT2D eigenvalue weighted by atomic mass is 32.1. The van der Waals surface area contributed by atoms with Crippen LogP contribution in [0.4, 0.5) is 5.00 Å². The van der Waals surface area contributed by atoms with Crippen molar-refractivity contribution in [3.8, 4) is 0 Å². The van der Waals surface area contributed by atoms with Gasteiger partial charge in [-0.2, -0.15) is 0 Å². The van der Waals surface area contributed by atoms with Crippen molar-refractivity contribution in [2.45, 2.75) is 51.5 Å². The van der Waals surface area contributed by atoms with Gasteiger partial charge in [0.1, 0.15) is 0 Å². The molecule has 2 unspecified atom stereocenters. The molecule has 0 radical (unpaired) electrons. The largest absolute Gasteiger partial charge is 0.347 e. The quantitative estimate of drug-likeness (QED) is 0.836. The van der Waals surface area contributed by atoms with Gasteiger partial charge in [-0.1, -0.05) is 30.3 Å². The van der Waals surface area contributed by atoms with Crippen molar-refractivity contribution in [3.63, 3.8) is 0 Å². The number of benzene rings is 1. The van der Waals surface area contributed by atoms with Gasteiger partial charge in [0.25, 0.3) is 0 Å². The molecule has 1 saturated heterocycles. The first-order valence-electron chi connectivity index (χ1n) is 8.80. The van der Waals surface area contributed by atoms with E-state index in [0.29, 0.717) is 13.2 Å². The molecule has 2 atom stereocenters. The molecule has 1 aliphatic heterocycles. The fourth-order valence-electron chi connectivity index (χ4n) is 3.64. The minimum absolute atomic E-state index is 0.0687.